The number of ether oxygens (including phenoxy) is 4. The van der Waals surface area contributed by atoms with E-state index in [0.717, 1.165) is 24.8 Å². The number of cyclic esters (lactones) is 1. The number of aliphatic hydroxyl groups is 1. The smallest absolute Gasteiger partial charge is 0.312 e. The van der Waals surface area contributed by atoms with Crippen molar-refractivity contribution in [3.05, 3.63) is 48.0 Å². The lowest BCUT2D eigenvalue weighted by atomic mass is 9.83. The van der Waals surface area contributed by atoms with Crippen LogP contribution in [-0.2, 0) is 32.6 Å². The Morgan fingerprint density at radius 3 is 1.80 bits per heavy atom. The van der Waals surface area contributed by atoms with E-state index in [2.05, 4.69) is 87.2 Å². The van der Waals surface area contributed by atoms with Crippen molar-refractivity contribution in [2.45, 2.75) is 167 Å². The van der Waals surface area contributed by atoms with Gasteiger partial charge in [0, 0.05) is 27.2 Å². The van der Waals surface area contributed by atoms with Crippen LogP contribution in [0, 0.1) is 17.8 Å². The van der Waals surface area contributed by atoms with Gasteiger partial charge in [-0.15, -0.1) is 0 Å². The quantitative estimate of drug-likeness (QED) is 0.136. The number of rotatable bonds is 11. The van der Waals surface area contributed by atoms with Gasteiger partial charge in [-0.25, -0.2) is 0 Å². The van der Waals surface area contributed by atoms with Gasteiger partial charge in [0.2, 0.25) is 8.32 Å². The second-order valence-electron chi connectivity index (χ2n) is 16.8. The van der Waals surface area contributed by atoms with Crippen molar-refractivity contribution < 1.29 is 37.7 Å². The van der Waals surface area contributed by atoms with Crippen LogP contribution in [0.15, 0.2) is 42.5 Å². The van der Waals surface area contributed by atoms with E-state index in [1.165, 1.54) is 0 Å². The zero-order chi connectivity index (χ0) is 38.7. The molecule has 8 nitrogen and oxygen atoms in total. The van der Waals surface area contributed by atoms with Crippen LogP contribution in [0.2, 0.25) is 36.3 Å². The summed E-state index contributed by atoms with van der Waals surface area (Å²) in [6.45, 7) is 26.3. The van der Waals surface area contributed by atoms with Gasteiger partial charge in [0.1, 0.15) is 18.3 Å². The minimum atomic E-state index is -2.52. The lowest BCUT2D eigenvalue weighted by molar-refractivity contribution is -0.168. The van der Waals surface area contributed by atoms with E-state index >= 15 is 0 Å². The zero-order valence-electron chi connectivity index (χ0n) is 34.7. The molecular weight excluding hydrogens is 677 g/mol. The minimum Gasteiger partial charge on any atom is -0.457 e. The Balaban J connectivity index is 2.82. The third-order valence-corrected chi connectivity index (χ3v) is 18.2. The van der Waals surface area contributed by atoms with Crippen molar-refractivity contribution in [2.24, 2.45) is 17.8 Å². The molecule has 1 heterocycles. The highest BCUT2D eigenvalue weighted by atomic mass is 28.4. The highest BCUT2D eigenvalue weighted by Gasteiger charge is 2.52. The highest BCUT2D eigenvalue weighted by Crippen LogP contribution is 2.45. The summed E-state index contributed by atoms with van der Waals surface area (Å²) in [6.07, 6.45) is 3.82. The SMILES string of the molecule is CO[C@H]1CCCC[C@@H](c2ccccc2)OC(=O)C(C)C(O)[C@H](OC)[C@@H](O[Si](C(C)C)(C(C)C)C(C)C)[C@H](C)[C@@H](O[Si](C)(C)C)[C@@H](C)/C=C/[C@H]1OC. The molecule has 0 saturated carbocycles. The maximum atomic E-state index is 14.0. The highest BCUT2D eigenvalue weighted by molar-refractivity contribution is 6.77. The van der Waals surface area contributed by atoms with Crippen LogP contribution in [0.1, 0.15) is 99.7 Å². The first-order valence-corrected chi connectivity index (χ1v) is 25.0. The Kier molecular flexibility index (Phi) is 18.8. The van der Waals surface area contributed by atoms with Crippen LogP contribution in [0.3, 0.4) is 0 Å². The van der Waals surface area contributed by atoms with Crippen LogP contribution in [-0.4, -0.2) is 85.7 Å². The van der Waals surface area contributed by atoms with E-state index in [0.29, 0.717) is 23.0 Å². The molecule has 0 radical (unpaired) electrons. The predicted molar refractivity (Wildman–Crippen MR) is 213 cm³/mol. The molecule has 0 spiro atoms. The molecule has 0 bridgehead atoms. The van der Waals surface area contributed by atoms with Crippen molar-refractivity contribution in [2.75, 3.05) is 21.3 Å². The van der Waals surface area contributed by atoms with Gasteiger partial charge in [0.05, 0.1) is 30.3 Å². The summed E-state index contributed by atoms with van der Waals surface area (Å²) in [5, 5.41) is 12.2. The first-order valence-electron chi connectivity index (χ1n) is 19.4. The van der Waals surface area contributed by atoms with Gasteiger partial charge in [0.15, 0.2) is 8.32 Å². The molecule has 0 saturated heterocycles. The van der Waals surface area contributed by atoms with Gasteiger partial charge in [-0.3, -0.25) is 4.79 Å². The molecule has 1 aliphatic heterocycles. The van der Waals surface area contributed by atoms with E-state index in [-0.39, 0.29) is 30.1 Å². The van der Waals surface area contributed by atoms with Gasteiger partial charge in [-0.1, -0.05) is 104 Å². The monoisotopic (exact) mass is 750 g/mol. The fourth-order valence-corrected chi connectivity index (χ4v) is 15.2. The minimum absolute atomic E-state index is 0.0243. The normalized spacial score (nSPS) is 32.1. The molecule has 0 amide bonds. The van der Waals surface area contributed by atoms with Crippen molar-refractivity contribution in [3.63, 3.8) is 0 Å². The first-order chi connectivity index (χ1) is 23.9. The fraction of sp³-hybridized carbons (Fsp3) is 0.780. The third kappa shape index (κ3) is 12.3. The van der Waals surface area contributed by atoms with Crippen molar-refractivity contribution in [1.29, 1.82) is 0 Å². The molecule has 1 N–H and O–H groups in total. The number of aliphatic hydroxyl groups excluding tert-OH is 1. The lowest BCUT2D eigenvalue weighted by Gasteiger charge is -2.50. The molecular formula is C41H74O8Si2. The van der Waals surface area contributed by atoms with Crippen molar-refractivity contribution in [3.8, 4) is 0 Å². The average Bonchev–Trinajstić information content (AvgIpc) is 3.07. The lowest BCUT2D eigenvalue weighted by Crippen LogP contribution is -2.59. The van der Waals surface area contributed by atoms with Crippen LogP contribution in [0.4, 0.5) is 0 Å². The number of esters is 1. The number of carbonyl (C=O) groups excluding carboxylic acids is 1. The molecule has 1 aromatic carbocycles. The molecule has 2 rings (SSSR count). The number of carbonyl (C=O) groups is 1. The van der Waals surface area contributed by atoms with Gasteiger partial charge in [-0.2, -0.15) is 0 Å². The topological polar surface area (TPSA) is 92.7 Å². The largest absolute Gasteiger partial charge is 0.457 e. The Hall–Kier alpha value is -1.38. The number of hydrogen-bond acceptors (Lipinski definition) is 8. The van der Waals surface area contributed by atoms with E-state index in [9.17, 15) is 9.90 Å². The average molecular weight is 751 g/mol. The maximum Gasteiger partial charge on any atom is 0.312 e. The number of hydrogen-bond donors (Lipinski definition) is 1. The van der Waals surface area contributed by atoms with Crippen LogP contribution >= 0.6 is 0 Å². The van der Waals surface area contributed by atoms with Crippen molar-refractivity contribution in [1.82, 2.24) is 0 Å². The summed E-state index contributed by atoms with van der Waals surface area (Å²) in [5.41, 5.74) is 1.82. The summed E-state index contributed by atoms with van der Waals surface area (Å²) in [7, 11) is 0.469. The van der Waals surface area contributed by atoms with Crippen LogP contribution in [0.25, 0.3) is 0 Å². The molecule has 294 valence electrons. The first kappa shape index (κ1) is 45.8. The van der Waals surface area contributed by atoms with Gasteiger partial charge >= 0.3 is 5.97 Å². The Morgan fingerprint density at radius 1 is 0.745 bits per heavy atom. The van der Waals surface area contributed by atoms with Gasteiger partial charge in [0.25, 0.3) is 0 Å². The van der Waals surface area contributed by atoms with Crippen LogP contribution < -0.4 is 0 Å². The van der Waals surface area contributed by atoms with E-state index in [1.54, 1.807) is 28.3 Å². The molecule has 0 fully saturated rings. The summed E-state index contributed by atoms with van der Waals surface area (Å²) < 4.78 is 39.1. The summed E-state index contributed by atoms with van der Waals surface area (Å²) in [5.74, 6) is -1.55. The molecule has 0 aromatic heterocycles. The van der Waals surface area contributed by atoms with Crippen molar-refractivity contribution >= 4 is 22.6 Å². The molecule has 51 heavy (non-hydrogen) atoms. The predicted octanol–water partition coefficient (Wildman–Crippen LogP) is 9.50. The Morgan fingerprint density at radius 2 is 1.31 bits per heavy atom. The Labute approximate surface area is 313 Å². The summed E-state index contributed by atoms with van der Waals surface area (Å²) in [6, 6.07) is 9.86. The molecule has 1 aromatic rings. The molecule has 2 unspecified atom stereocenters. The molecule has 10 heteroatoms. The van der Waals surface area contributed by atoms with Gasteiger partial charge < -0.3 is 32.9 Å². The van der Waals surface area contributed by atoms with Crippen LogP contribution in [0.5, 0.6) is 0 Å². The third-order valence-electron chi connectivity index (χ3n) is 11.1. The number of benzene rings is 1. The Bertz CT molecular complexity index is 1150. The molecule has 1 aliphatic rings. The summed E-state index contributed by atoms with van der Waals surface area (Å²) >= 11 is 0. The standard InChI is InChI=1S/C41H74O8Si2/c1-27(2)51(28(3)4,29(5)6)49-39-32(9)38(48-50(13,14)15)30(7)25-26-36(45-11)35(44-10)24-20-19-23-34(33-21-17-16-18-22-33)47-41(43)31(8)37(42)40(39)46-12/h16-18,21-22,25-32,34-40,42H,19-20,23-24H2,1-15H3/b26-25+/t30-,31?,32+,34-,35-,36+,37?,38-,39-,40-/m0/s1. The van der Waals surface area contributed by atoms with E-state index in [1.807, 2.05) is 30.3 Å². The molecule has 0 aliphatic carbocycles. The van der Waals surface area contributed by atoms with Gasteiger partial charge in [-0.05, 0) is 73.9 Å². The second-order valence-corrected chi connectivity index (χ2v) is 26.6. The fourth-order valence-electron chi connectivity index (χ4n) is 8.35. The zero-order valence-corrected chi connectivity index (χ0v) is 36.7. The second kappa shape index (κ2) is 20.9. The molecule has 10 atom stereocenters. The van der Waals surface area contributed by atoms with E-state index < -0.39 is 52.9 Å². The maximum absolute atomic E-state index is 14.0. The number of methoxy groups -OCH3 is 3. The van der Waals surface area contributed by atoms with E-state index in [4.69, 9.17) is 27.8 Å². The summed E-state index contributed by atoms with van der Waals surface area (Å²) in [4.78, 5) is 14.0.